The van der Waals surface area contributed by atoms with Gasteiger partial charge in [0.2, 0.25) is 0 Å². The number of rotatable bonds is 34. The smallest absolute Gasteiger partial charge is 0.407 e. The van der Waals surface area contributed by atoms with Crippen LogP contribution in [0.1, 0.15) is 154 Å². The van der Waals surface area contributed by atoms with Gasteiger partial charge in [-0.2, -0.15) is 0 Å². The molecule has 1 atom stereocenters. The van der Waals surface area contributed by atoms with Crippen LogP contribution in [0.4, 0.5) is 9.59 Å². The van der Waals surface area contributed by atoms with Crippen molar-refractivity contribution in [3.05, 3.63) is 0 Å². The van der Waals surface area contributed by atoms with Crippen molar-refractivity contribution in [1.82, 2.24) is 10.6 Å². The number of unbranched alkanes of at least 4 members (excludes halogenated alkanes) is 3. The molecule has 0 aliphatic rings. The fraction of sp³-hybridized carbons (Fsp3) is 0.896. The fourth-order valence-corrected chi connectivity index (χ4v) is 5.11. The summed E-state index contributed by atoms with van der Waals surface area (Å²) in [7, 11) is 0. The number of ether oxygens (including phenoxy) is 10. The van der Waals surface area contributed by atoms with Crippen LogP contribution in [0, 0.1) is 16.2 Å². The molecule has 0 fully saturated rings. The third-order valence-corrected chi connectivity index (χ3v) is 8.76. The van der Waals surface area contributed by atoms with E-state index in [1.807, 2.05) is 41.5 Å². The van der Waals surface area contributed by atoms with E-state index >= 15 is 0 Å². The molecule has 384 valence electrons. The maximum absolute atomic E-state index is 11.8. The topological polar surface area (TPSA) is 202 Å². The molecule has 17 heteroatoms. The lowest BCUT2D eigenvalue weighted by atomic mass is 9.89. The van der Waals surface area contributed by atoms with Gasteiger partial charge in [-0.3, -0.25) is 14.4 Å². The van der Waals surface area contributed by atoms with Gasteiger partial charge in [0.25, 0.3) is 0 Å². The van der Waals surface area contributed by atoms with Crippen molar-refractivity contribution in [1.29, 1.82) is 0 Å². The van der Waals surface area contributed by atoms with Gasteiger partial charge in [0, 0.05) is 57.1 Å². The second kappa shape index (κ2) is 37.8. The van der Waals surface area contributed by atoms with Crippen molar-refractivity contribution < 1.29 is 71.3 Å². The molecule has 0 heterocycles. The second-order valence-electron chi connectivity index (χ2n) is 20.2. The Labute approximate surface area is 392 Å². The van der Waals surface area contributed by atoms with E-state index in [-0.39, 0.29) is 74.5 Å². The molecule has 0 aromatic rings. The number of hydrogen-bond donors (Lipinski definition) is 2. The van der Waals surface area contributed by atoms with Gasteiger partial charge in [0.05, 0.1) is 46.2 Å². The van der Waals surface area contributed by atoms with Gasteiger partial charge in [-0.25, -0.2) is 9.59 Å². The maximum Gasteiger partial charge on any atom is 0.407 e. The van der Waals surface area contributed by atoms with Crippen molar-refractivity contribution in [3.8, 4) is 0 Å². The molecule has 0 aromatic heterocycles. The highest BCUT2D eigenvalue weighted by Crippen LogP contribution is 2.23. The molecular weight excluding hydrogens is 845 g/mol. The van der Waals surface area contributed by atoms with E-state index in [0.717, 1.165) is 19.4 Å². The highest BCUT2D eigenvalue weighted by Gasteiger charge is 2.28. The van der Waals surface area contributed by atoms with Gasteiger partial charge in [-0.15, -0.1) is 0 Å². The summed E-state index contributed by atoms with van der Waals surface area (Å²) in [5, 5.41) is 5.25. The molecule has 17 nitrogen and oxygen atoms in total. The summed E-state index contributed by atoms with van der Waals surface area (Å²) in [6, 6.07) is 0. The van der Waals surface area contributed by atoms with E-state index < -0.39 is 24.3 Å². The summed E-state index contributed by atoms with van der Waals surface area (Å²) in [6.07, 6.45) is 7.34. The van der Waals surface area contributed by atoms with Crippen LogP contribution in [0.3, 0.4) is 0 Å². The minimum Gasteiger partial charge on any atom is -0.463 e. The Kier molecular flexibility index (Phi) is 37.1. The quantitative estimate of drug-likeness (QED) is 0.0354. The van der Waals surface area contributed by atoms with Crippen LogP contribution in [-0.2, 0) is 61.8 Å². The highest BCUT2D eigenvalue weighted by atomic mass is 16.6. The number of amides is 2. The van der Waals surface area contributed by atoms with Crippen LogP contribution in [0.15, 0.2) is 0 Å². The van der Waals surface area contributed by atoms with Crippen LogP contribution in [0.2, 0.25) is 0 Å². The number of hydrogen-bond acceptors (Lipinski definition) is 15. The number of nitrogens with one attached hydrogen (secondary N) is 2. The minimum absolute atomic E-state index is 0.0513. The van der Waals surface area contributed by atoms with Crippen LogP contribution >= 0.6 is 0 Å². The zero-order valence-electron chi connectivity index (χ0n) is 42.9. The Morgan fingerprint density at radius 1 is 0.431 bits per heavy atom. The van der Waals surface area contributed by atoms with Crippen LogP contribution < -0.4 is 10.6 Å². The van der Waals surface area contributed by atoms with Gasteiger partial charge in [0.15, 0.2) is 0 Å². The fourth-order valence-electron chi connectivity index (χ4n) is 5.11. The Balaban J connectivity index is 0. The first kappa shape index (κ1) is 63.8. The second-order valence-corrected chi connectivity index (χ2v) is 20.2. The van der Waals surface area contributed by atoms with E-state index in [2.05, 4.69) is 52.2 Å². The lowest BCUT2D eigenvalue weighted by Crippen LogP contribution is -2.42. The van der Waals surface area contributed by atoms with Gasteiger partial charge >= 0.3 is 30.1 Å². The summed E-state index contributed by atoms with van der Waals surface area (Å²) >= 11 is 0. The molecule has 0 aliphatic heterocycles. The molecule has 2 amide bonds. The molecule has 0 spiro atoms. The average Bonchev–Trinajstić information content (AvgIpc) is 3.17. The monoisotopic (exact) mass is 937 g/mol. The Morgan fingerprint density at radius 3 is 1.31 bits per heavy atom. The molecule has 2 N–H and O–H groups in total. The first-order valence-corrected chi connectivity index (χ1v) is 23.5. The highest BCUT2D eigenvalue weighted by molar-refractivity contribution is 5.70. The zero-order chi connectivity index (χ0) is 49.6. The summed E-state index contributed by atoms with van der Waals surface area (Å²) in [4.78, 5) is 57.7. The molecule has 0 radical (unpaired) electrons. The van der Waals surface area contributed by atoms with Crippen molar-refractivity contribution >= 4 is 30.1 Å². The van der Waals surface area contributed by atoms with E-state index in [4.69, 9.17) is 47.4 Å². The van der Waals surface area contributed by atoms with Crippen molar-refractivity contribution in [2.45, 2.75) is 166 Å². The van der Waals surface area contributed by atoms with E-state index in [0.29, 0.717) is 77.3 Å². The lowest BCUT2D eigenvalue weighted by Gasteiger charge is -2.29. The third-order valence-electron chi connectivity index (χ3n) is 8.76. The number of alkyl carbamates (subject to hydrolysis) is 2. The Hall–Kier alpha value is -3.25. The molecule has 0 aliphatic carbocycles. The van der Waals surface area contributed by atoms with Gasteiger partial charge in [-0.05, 0) is 63.7 Å². The molecule has 1 unspecified atom stereocenters. The zero-order valence-corrected chi connectivity index (χ0v) is 42.9. The summed E-state index contributed by atoms with van der Waals surface area (Å²) < 4.78 is 52.6. The van der Waals surface area contributed by atoms with Crippen LogP contribution in [0.25, 0.3) is 0 Å². The van der Waals surface area contributed by atoms with Crippen LogP contribution in [0.5, 0.6) is 0 Å². The maximum atomic E-state index is 11.8. The molecule has 0 saturated heterocycles. The van der Waals surface area contributed by atoms with Gasteiger partial charge in [0.1, 0.15) is 32.5 Å². The number of carbonyl (C=O) groups excluding carboxylic acids is 5. The normalized spacial score (nSPS) is 12.3. The molecule has 0 rings (SSSR count). The average molecular weight is 937 g/mol. The first-order chi connectivity index (χ1) is 30.3. The standard InChI is InChI=1S/C31H59NO10.C17H33NO5/c1-26(33)42-27(31(5,6)7)25-32-29(35)41-24-22-39-20-19-38-21-23-40-28(34)13-12-16-37-18-17-36-15-11-9-8-10-14-30(2,3)4;1-16(2,3)9-11-21-10-7-8-14(19)22-12-13-23-15(20)18-17(4,5)6/h27H,8-25H2,1-7H3,(H,32,35);7-13H2,1-6H3,(H,18,20). The summed E-state index contributed by atoms with van der Waals surface area (Å²) in [5.74, 6) is -0.984. The first-order valence-electron chi connectivity index (χ1n) is 23.5. The van der Waals surface area contributed by atoms with Crippen LogP contribution in [-0.4, -0.2) is 141 Å². The number of carbonyl (C=O) groups is 5. The molecule has 0 aromatic carbocycles. The molecule has 0 saturated carbocycles. The van der Waals surface area contributed by atoms with E-state index in [1.54, 1.807) is 0 Å². The van der Waals surface area contributed by atoms with Crippen molar-refractivity contribution in [2.75, 3.05) is 99.0 Å². The van der Waals surface area contributed by atoms with Gasteiger partial charge in [-0.1, -0.05) is 81.6 Å². The largest absolute Gasteiger partial charge is 0.463 e. The van der Waals surface area contributed by atoms with E-state index in [9.17, 15) is 24.0 Å². The summed E-state index contributed by atoms with van der Waals surface area (Å²) in [5.41, 5.74) is 0.0146. The lowest BCUT2D eigenvalue weighted by molar-refractivity contribution is -0.151. The SMILES string of the molecule is CC(=O)OC(CNC(=O)OCCOCCOCCOC(=O)CCCOCCOCCCCCCC(C)(C)C)C(C)(C)C.CC(C)(C)CCOCCCC(=O)OCCOC(=O)NC(C)(C)C. The Bertz CT molecular complexity index is 1240. The third kappa shape index (κ3) is 51.6. The van der Waals surface area contributed by atoms with E-state index in [1.165, 1.54) is 32.6 Å². The predicted molar refractivity (Wildman–Crippen MR) is 250 cm³/mol. The van der Waals surface area contributed by atoms with Gasteiger partial charge < -0.3 is 58.0 Å². The van der Waals surface area contributed by atoms with Crippen molar-refractivity contribution in [2.24, 2.45) is 16.2 Å². The molecular formula is C48H92N2O15. The molecule has 0 bridgehead atoms. The predicted octanol–water partition coefficient (Wildman–Crippen LogP) is 8.36. The van der Waals surface area contributed by atoms with Crippen molar-refractivity contribution in [3.63, 3.8) is 0 Å². The summed E-state index contributed by atoms with van der Waals surface area (Å²) in [6.45, 7) is 31.3. The Morgan fingerprint density at radius 2 is 0.831 bits per heavy atom. The molecule has 65 heavy (non-hydrogen) atoms. The number of esters is 3. The minimum atomic E-state index is -0.609.